The fraction of sp³-hybridized carbons (Fsp3) is 0.364. The number of hydrogen-bond donors (Lipinski definition) is 1. The minimum Gasteiger partial charge on any atom is -0.337 e. The molecule has 0 radical (unpaired) electrons. The van der Waals surface area contributed by atoms with Crippen LogP contribution in [0.25, 0.3) is 0 Å². The van der Waals surface area contributed by atoms with Gasteiger partial charge in [-0.2, -0.15) is 0 Å². The zero-order valence-electron chi connectivity index (χ0n) is 9.22. The van der Waals surface area contributed by atoms with Gasteiger partial charge in [0, 0.05) is 13.5 Å². The number of nitrogens with one attached hydrogen (secondary N) is 1. The van der Waals surface area contributed by atoms with Gasteiger partial charge in [0.1, 0.15) is 6.67 Å². The van der Waals surface area contributed by atoms with Crippen LogP contribution in [0.5, 0.6) is 0 Å². The highest BCUT2D eigenvalue weighted by atomic mass is 16.3. The van der Waals surface area contributed by atoms with Gasteiger partial charge in [-0.25, -0.2) is 5.01 Å². The van der Waals surface area contributed by atoms with Crippen LogP contribution in [0.1, 0.15) is 12.5 Å². The van der Waals surface area contributed by atoms with E-state index in [9.17, 15) is 9.70 Å². The largest absolute Gasteiger partial charge is 0.337 e. The molecule has 1 rings (SSSR count). The van der Waals surface area contributed by atoms with Crippen LogP contribution in [-0.4, -0.2) is 24.1 Å². The quantitative estimate of drug-likeness (QED) is 0.447. The molecule has 0 fully saturated rings. The maximum absolute atomic E-state index is 10.7. The van der Waals surface area contributed by atoms with E-state index in [1.165, 1.54) is 11.9 Å². The molecule has 0 saturated carbocycles. The summed E-state index contributed by atoms with van der Waals surface area (Å²) in [5, 5.41) is 6.66. The molecule has 1 N–H and O–H groups in total. The Morgan fingerprint density at radius 1 is 1.38 bits per heavy atom. The Morgan fingerprint density at radius 2 is 2.06 bits per heavy atom. The number of carbonyl (C=O) groups excluding carboxylic acids is 1. The normalized spacial score (nSPS) is 9.56. The lowest BCUT2D eigenvalue weighted by atomic mass is 10.1. The Labute approximate surface area is 94.4 Å². The smallest absolute Gasteiger partial charge is 0.218 e. The molecular weight excluding hydrogens is 206 g/mol. The van der Waals surface area contributed by atoms with Crippen molar-refractivity contribution in [2.45, 2.75) is 13.3 Å². The Morgan fingerprint density at radius 3 is 2.62 bits per heavy atom. The number of benzene rings is 1. The first-order valence-electron chi connectivity index (χ1n) is 5.09. The number of hydrogen-bond acceptors (Lipinski definition) is 3. The van der Waals surface area contributed by atoms with E-state index in [1.807, 2.05) is 30.3 Å². The number of rotatable bonds is 6. The maximum Gasteiger partial charge on any atom is 0.218 e. The SMILES string of the molecule is CC(=O)NCN(CCc1ccccc1)N=O. The molecule has 0 heterocycles. The van der Waals surface area contributed by atoms with Crippen LogP contribution >= 0.6 is 0 Å². The number of nitroso groups, excluding NO2 is 1. The van der Waals surface area contributed by atoms with Crippen molar-refractivity contribution in [1.29, 1.82) is 0 Å². The minimum absolute atomic E-state index is 0.158. The molecule has 0 aromatic heterocycles. The van der Waals surface area contributed by atoms with E-state index in [1.54, 1.807) is 0 Å². The lowest BCUT2D eigenvalue weighted by Crippen LogP contribution is -2.34. The second kappa shape index (κ2) is 6.55. The first-order valence-corrected chi connectivity index (χ1v) is 5.09. The standard InChI is InChI=1S/C11H15N3O2/c1-10(15)12-9-14(13-16)8-7-11-5-3-2-4-6-11/h2-6H,7-9H2,1H3,(H,12,15). The summed E-state index contributed by atoms with van der Waals surface area (Å²) in [7, 11) is 0. The van der Waals surface area contributed by atoms with Crippen molar-refractivity contribution in [3.8, 4) is 0 Å². The van der Waals surface area contributed by atoms with Crippen molar-refractivity contribution in [3.05, 3.63) is 40.8 Å². The van der Waals surface area contributed by atoms with E-state index < -0.39 is 0 Å². The molecule has 5 nitrogen and oxygen atoms in total. The lowest BCUT2D eigenvalue weighted by Gasteiger charge is -2.14. The summed E-state index contributed by atoms with van der Waals surface area (Å²) in [5.74, 6) is -0.173. The van der Waals surface area contributed by atoms with Gasteiger partial charge in [-0.1, -0.05) is 30.3 Å². The third kappa shape index (κ3) is 4.54. The molecule has 16 heavy (non-hydrogen) atoms. The topological polar surface area (TPSA) is 61.8 Å². The van der Waals surface area contributed by atoms with Gasteiger partial charge in [0.25, 0.3) is 0 Å². The Kier molecular flexibility index (Phi) is 4.98. The molecule has 0 aliphatic carbocycles. The Balaban J connectivity index is 2.34. The zero-order chi connectivity index (χ0) is 11.8. The summed E-state index contributed by atoms with van der Waals surface area (Å²) in [5.41, 5.74) is 1.14. The van der Waals surface area contributed by atoms with Gasteiger partial charge < -0.3 is 5.32 Å². The molecule has 5 heteroatoms. The van der Waals surface area contributed by atoms with Gasteiger partial charge in [0.2, 0.25) is 5.91 Å². The first kappa shape index (κ1) is 12.2. The average Bonchev–Trinajstić information content (AvgIpc) is 2.30. The van der Waals surface area contributed by atoms with E-state index in [2.05, 4.69) is 10.6 Å². The maximum atomic E-state index is 10.7. The molecular formula is C11H15N3O2. The van der Waals surface area contributed by atoms with Crippen molar-refractivity contribution in [3.63, 3.8) is 0 Å². The summed E-state index contributed by atoms with van der Waals surface area (Å²) >= 11 is 0. The van der Waals surface area contributed by atoms with Crippen LogP contribution in [0.4, 0.5) is 0 Å². The van der Waals surface area contributed by atoms with E-state index >= 15 is 0 Å². The fourth-order valence-corrected chi connectivity index (χ4v) is 1.25. The molecule has 0 aliphatic rings. The summed E-state index contributed by atoms with van der Waals surface area (Å²) in [6.45, 7) is 2.06. The van der Waals surface area contributed by atoms with Crippen molar-refractivity contribution in [2.75, 3.05) is 13.2 Å². The fourth-order valence-electron chi connectivity index (χ4n) is 1.25. The summed E-state index contributed by atoms with van der Waals surface area (Å²) in [6.07, 6.45) is 0.728. The van der Waals surface area contributed by atoms with Gasteiger partial charge in [-0.3, -0.25) is 4.79 Å². The molecule has 1 aromatic rings. The zero-order valence-corrected chi connectivity index (χ0v) is 9.22. The Hall–Kier alpha value is -1.91. The average molecular weight is 221 g/mol. The molecule has 0 saturated heterocycles. The highest BCUT2D eigenvalue weighted by Gasteiger charge is 2.03. The van der Waals surface area contributed by atoms with E-state index in [0.717, 1.165) is 12.0 Å². The van der Waals surface area contributed by atoms with Gasteiger partial charge in [-0.15, -0.1) is 4.91 Å². The molecule has 0 aliphatic heterocycles. The van der Waals surface area contributed by atoms with Crippen molar-refractivity contribution in [1.82, 2.24) is 10.3 Å². The Bertz CT molecular complexity index is 340. The predicted octanol–water partition coefficient (Wildman–Crippen LogP) is 1.31. The third-order valence-corrected chi connectivity index (χ3v) is 2.13. The van der Waals surface area contributed by atoms with Gasteiger partial charge in [-0.05, 0) is 12.0 Å². The predicted molar refractivity (Wildman–Crippen MR) is 61.3 cm³/mol. The van der Waals surface area contributed by atoms with Crippen LogP contribution < -0.4 is 5.32 Å². The second-order valence-corrected chi connectivity index (χ2v) is 3.44. The van der Waals surface area contributed by atoms with Crippen LogP contribution in [0.2, 0.25) is 0 Å². The monoisotopic (exact) mass is 221 g/mol. The number of carbonyl (C=O) groups is 1. The molecule has 86 valence electrons. The van der Waals surface area contributed by atoms with Gasteiger partial charge in [0.15, 0.2) is 0 Å². The second-order valence-electron chi connectivity index (χ2n) is 3.44. The highest BCUT2D eigenvalue weighted by molar-refractivity contribution is 5.72. The molecule has 0 unspecified atom stereocenters. The minimum atomic E-state index is -0.173. The van der Waals surface area contributed by atoms with E-state index in [-0.39, 0.29) is 12.6 Å². The van der Waals surface area contributed by atoms with Crippen molar-refractivity contribution >= 4 is 5.91 Å². The first-order chi connectivity index (χ1) is 7.72. The van der Waals surface area contributed by atoms with Crippen LogP contribution in [0.15, 0.2) is 35.6 Å². The van der Waals surface area contributed by atoms with Gasteiger partial charge in [0.05, 0.1) is 5.29 Å². The van der Waals surface area contributed by atoms with Gasteiger partial charge >= 0.3 is 0 Å². The summed E-state index contributed by atoms with van der Waals surface area (Å²) in [4.78, 5) is 21.1. The molecule has 0 atom stereocenters. The molecule has 1 amide bonds. The summed E-state index contributed by atoms with van der Waals surface area (Å²) in [6, 6.07) is 9.81. The summed E-state index contributed by atoms with van der Waals surface area (Å²) < 4.78 is 0. The lowest BCUT2D eigenvalue weighted by molar-refractivity contribution is -0.119. The molecule has 0 bridgehead atoms. The number of nitrogens with zero attached hydrogens (tertiary/aromatic N) is 2. The van der Waals surface area contributed by atoms with E-state index in [0.29, 0.717) is 6.54 Å². The van der Waals surface area contributed by atoms with E-state index in [4.69, 9.17) is 0 Å². The number of amides is 1. The van der Waals surface area contributed by atoms with Crippen molar-refractivity contribution in [2.24, 2.45) is 5.29 Å². The third-order valence-electron chi connectivity index (χ3n) is 2.13. The van der Waals surface area contributed by atoms with Crippen LogP contribution in [-0.2, 0) is 11.2 Å². The highest BCUT2D eigenvalue weighted by Crippen LogP contribution is 2.01. The molecule has 1 aromatic carbocycles. The van der Waals surface area contributed by atoms with Crippen molar-refractivity contribution < 1.29 is 4.79 Å². The van der Waals surface area contributed by atoms with Crippen LogP contribution in [0, 0.1) is 4.91 Å². The van der Waals surface area contributed by atoms with Crippen LogP contribution in [0.3, 0.4) is 0 Å². The molecule has 0 spiro atoms.